The van der Waals surface area contributed by atoms with Gasteiger partial charge in [0.15, 0.2) is 0 Å². The van der Waals surface area contributed by atoms with Gasteiger partial charge in [0.1, 0.15) is 11.2 Å². The Morgan fingerprint density at radius 2 is 0.923 bits per heavy atom. The second kappa shape index (κ2) is 12.5. The Morgan fingerprint density at radius 1 is 0.346 bits per heavy atom. The molecule has 0 aliphatic carbocycles. The molecule has 2 nitrogen and oxygen atoms in total. The first-order valence-corrected chi connectivity index (χ1v) is 17.8. The van der Waals surface area contributed by atoms with E-state index in [1.165, 1.54) is 33.0 Å². The minimum Gasteiger partial charge on any atom is -0.455 e. The molecule has 10 rings (SSSR count). The van der Waals surface area contributed by atoms with Crippen LogP contribution in [0.3, 0.4) is 0 Å². The Hall–Kier alpha value is -6.90. The van der Waals surface area contributed by atoms with Crippen LogP contribution in [0.25, 0.3) is 76.9 Å². The molecule has 0 N–H and O–H groups in total. The minimum absolute atomic E-state index is 0.879. The summed E-state index contributed by atoms with van der Waals surface area (Å²) in [6.07, 6.45) is 0. The molecule has 0 radical (unpaired) electrons. The number of fused-ring (bicyclic) bond motifs is 6. The lowest BCUT2D eigenvalue weighted by Gasteiger charge is -2.28. The van der Waals surface area contributed by atoms with Crippen molar-refractivity contribution in [3.63, 3.8) is 0 Å². The van der Waals surface area contributed by atoms with Gasteiger partial charge < -0.3 is 9.32 Å². The van der Waals surface area contributed by atoms with E-state index < -0.39 is 0 Å². The predicted octanol–water partition coefficient (Wildman–Crippen LogP) is 14.4. The van der Waals surface area contributed by atoms with Gasteiger partial charge in [0.2, 0.25) is 0 Å². The average Bonchev–Trinajstić information content (AvgIpc) is 3.61. The second-order valence-corrected chi connectivity index (χ2v) is 13.3. The summed E-state index contributed by atoms with van der Waals surface area (Å²) in [5.41, 5.74) is 12.2. The third-order valence-electron chi connectivity index (χ3n) is 10.2. The molecule has 52 heavy (non-hydrogen) atoms. The van der Waals surface area contributed by atoms with Crippen LogP contribution in [0, 0.1) is 0 Å². The molecule has 0 spiro atoms. The lowest BCUT2D eigenvalue weighted by atomic mass is 9.95. The zero-order valence-corrected chi connectivity index (χ0v) is 28.4. The molecule has 0 bridgehead atoms. The highest BCUT2D eigenvalue weighted by Gasteiger charge is 2.23. The van der Waals surface area contributed by atoms with E-state index in [1.54, 1.807) is 0 Å². The monoisotopic (exact) mass is 663 g/mol. The van der Waals surface area contributed by atoms with Crippen LogP contribution in [-0.2, 0) is 0 Å². The largest absolute Gasteiger partial charge is 0.455 e. The summed E-state index contributed by atoms with van der Waals surface area (Å²) < 4.78 is 6.80. The minimum atomic E-state index is 0.879. The van der Waals surface area contributed by atoms with Crippen molar-refractivity contribution >= 4 is 60.5 Å². The fraction of sp³-hybridized carbons (Fsp3) is 0. The van der Waals surface area contributed by atoms with E-state index in [2.05, 4.69) is 205 Å². The van der Waals surface area contributed by atoms with Gasteiger partial charge in [-0.1, -0.05) is 170 Å². The molecule has 0 saturated heterocycles. The molecule has 1 heterocycles. The number of benzene rings is 9. The first-order chi connectivity index (χ1) is 25.8. The molecular formula is C50H33NO. The van der Waals surface area contributed by atoms with E-state index in [4.69, 9.17) is 4.42 Å². The topological polar surface area (TPSA) is 16.4 Å². The molecule has 0 aliphatic rings. The Morgan fingerprint density at radius 3 is 1.71 bits per heavy atom. The summed E-state index contributed by atoms with van der Waals surface area (Å²) in [7, 11) is 0. The Kier molecular flexibility index (Phi) is 7.18. The second-order valence-electron chi connectivity index (χ2n) is 13.3. The number of nitrogens with zero attached hydrogens (tertiary/aromatic N) is 1. The summed E-state index contributed by atoms with van der Waals surface area (Å²) in [5, 5.41) is 6.81. The lowest BCUT2D eigenvalue weighted by molar-refractivity contribution is 0.673. The summed E-state index contributed by atoms with van der Waals surface area (Å²) in [6.45, 7) is 0. The van der Waals surface area contributed by atoms with Crippen LogP contribution in [0.2, 0.25) is 0 Å². The third-order valence-corrected chi connectivity index (χ3v) is 10.2. The van der Waals surface area contributed by atoms with Gasteiger partial charge >= 0.3 is 0 Å². The summed E-state index contributed by atoms with van der Waals surface area (Å²) >= 11 is 0. The highest BCUT2D eigenvalue weighted by atomic mass is 16.3. The molecule has 0 amide bonds. The summed E-state index contributed by atoms with van der Waals surface area (Å²) in [6, 6.07) is 71.6. The van der Waals surface area contributed by atoms with Crippen LogP contribution in [0.1, 0.15) is 0 Å². The first-order valence-electron chi connectivity index (χ1n) is 17.8. The van der Waals surface area contributed by atoms with Crippen molar-refractivity contribution in [2.24, 2.45) is 0 Å². The van der Waals surface area contributed by atoms with Gasteiger partial charge in [0.25, 0.3) is 0 Å². The number of hydrogen-bond acceptors (Lipinski definition) is 2. The van der Waals surface area contributed by atoms with Gasteiger partial charge in [0.05, 0.1) is 11.4 Å². The van der Waals surface area contributed by atoms with Crippen LogP contribution in [0.15, 0.2) is 205 Å². The molecule has 0 aliphatic heterocycles. The quantitative estimate of drug-likeness (QED) is 0.176. The van der Waals surface area contributed by atoms with E-state index in [-0.39, 0.29) is 0 Å². The van der Waals surface area contributed by atoms with Crippen LogP contribution in [0.4, 0.5) is 17.1 Å². The van der Waals surface area contributed by atoms with Crippen molar-refractivity contribution in [3.05, 3.63) is 200 Å². The van der Waals surface area contributed by atoms with E-state index in [1.807, 2.05) is 0 Å². The maximum Gasteiger partial charge on any atom is 0.143 e. The molecular weight excluding hydrogens is 631 g/mol. The molecule has 0 atom stereocenters. The molecule has 0 fully saturated rings. The van der Waals surface area contributed by atoms with Crippen molar-refractivity contribution in [3.8, 4) is 33.4 Å². The Bertz CT molecular complexity index is 2880. The molecule has 0 unspecified atom stereocenters. The fourth-order valence-corrected chi connectivity index (χ4v) is 7.79. The van der Waals surface area contributed by atoms with Crippen LogP contribution >= 0.6 is 0 Å². The van der Waals surface area contributed by atoms with E-state index in [0.717, 1.165) is 60.9 Å². The zero-order valence-electron chi connectivity index (χ0n) is 28.4. The third kappa shape index (κ3) is 5.04. The zero-order chi connectivity index (χ0) is 34.4. The van der Waals surface area contributed by atoms with Crippen molar-refractivity contribution in [2.75, 3.05) is 4.90 Å². The van der Waals surface area contributed by atoms with Crippen LogP contribution in [0.5, 0.6) is 0 Å². The smallest absolute Gasteiger partial charge is 0.143 e. The number of anilines is 3. The van der Waals surface area contributed by atoms with Gasteiger partial charge in [-0.15, -0.1) is 0 Å². The average molecular weight is 664 g/mol. The summed E-state index contributed by atoms with van der Waals surface area (Å²) in [5.74, 6) is 0. The van der Waals surface area contributed by atoms with Gasteiger partial charge in [-0.2, -0.15) is 0 Å². The van der Waals surface area contributed by atoms with Crippen LogP contribution < -0.4 is 4.90 Å². The van der Waals surface area contributed by atoms with Gasteiger partial charge in [-0.25, -0.2) is 0 Å². The van der Waals surface area contributed by atoms with E-state index >= 15 is 0 Å². The van der Waals surface area contributed by atoms with Crippen molar-refractivity contribution < 1.29 is 4.42 Å². The number of furan rings is 1. The number of rotatable bonds is 6. The standard InChI is InChI=1S/C50H33NO/c1-3-14-34(15-4-1)36-28-30-38(31-29-36)42-25-13-27-48-49(42)45-33-47(43-23-9-10-24-44(43)50(45)52-48)51(46-26-12-19-37-18-7-8-22-41(37)46)40-21-11-20-39(32-40)35-16-5-2-6-17-35/h1-33H. The lowest BCUT2D eigenvalue weighted by Crippen LogP contribution is -2.11. The molecule has 10 aromatic rings. The van der Waals surface area contributed by atoms with Crippen molar-refractivity contribution in [1.29, 1.82) is 0 Å². The molecule has 0 saturated carbocycles. The maximum atomic E-state index is 6.80. The van der Waals surface area contributed by atoms with Gasteiger partial charge in [-0.3, -0.25) is 0 Å². The predicted molar refractivity (Wildman–Crippen MR) is 220 cm³/mol. The summed E-state index contributed by atoms with van der Waals surface area (Å²) in [4.78, 5) is 2.44. The molecule has 244 valence electrons. The number of hydrogen-bond donors (Lipinski definition) is 0. The van der Waals surface area contributed by atoms with E-state index in [0.29, 0.717) is 0 Å². The highest BCUT2D eigenvalue weighted by molar-refractivity contribution is 6.23. The Labute approximate surface area is 302 Å². The Balaban J connectivity index is 1.25. The molecule has 1 aromatic heterocycles. The maximum absolute atomic E-state index is 6.80. The van der Waals surface area contributed by atoms with Crippen LogP contribution in [-0.4, -0.2) is 0 Å². The van der Waals surface area contributed by atoms with E-state index in [9.17, 15) is 0 Å². The molecule has 2 heteroatoms. The first kappa shape index (κ1) is 30.0. The van der Waals surface area contributed by atoms with Crippen molar-refractivity contribution in [1.82, 2.24) is 0 Å². The SMILES string of the molecule is c1ccc(-c2ccc(-c3cccc4oc5c6ccccc6c(N(c6cccc(-c7ccccc7)c6)c6cccc7ccccc67)cc5c34)cc2)cc1. The molecule has 9 aromatic carbocycles. The van der Waals surface area contributed by atoms with Gasteiger partial charge in [-0.05, 0) is 69.1 Å². The fourth-order valence-electron chi connectivity index (χ4n) is 7.79. The van der Waals surface area contributed by atoms with Gasteiger partial charge in [0, 0.05) is 32.6 Å². The van der Waals surface area contributed by atoms with Crippen molar-refractivity contribution in [2.45, 2.75) is 0 Å². The normalized spacial score (nSPS) is 11.5. The highest BCUT2D eigenvalue weighted by Crippen LogP contribution is 2.48.